The second-order valence-electron chi connectivity index (χ2n) is 13.8. The Kier molecular flexibility index (Phi) is 6.50. The third kappa shape index (κ3) is 4.78. The van der Waals surface area contributed by atoms with E-state index < -0.39 is 17.6 Å². The fourth-order valence-corrected chi connectivity index (χ4v) is 7.47. The molecule has 3 N–H and O–H groups in total. The highest BCUT2D eigenvalue weighted by Gasteiger charge is 2.51. The van der Waals surface area contributed by atoms with Crippen molar-refractivity contribution in [2.45, 2.75) is 82.2 Å². The van der Waals surface area contributed by atoms with Gasteiger partial charge in [-0.1, -0.05) is 0 Å². The van der Waals surface area contributed by atoms with E-state index in [9.17, 15) is 14.0 Å². The lowest BCUT2D eigenvalue weighted by molar-refractivity contribution is -0.128. The maximum atomic E-state index is 14.3. The quantitative estimate of drug-likeness (QED) is 0.299. The van der Waals surface area contributed by atoms with Crippen molar-refractivity contribution in [3.05, 3.63) is 41.6 Å². The predicted octanol–water partition coefficient (Wildman–Crippen LogP) is 4.64. The third-order valence-electron chi connectivity index (χ3n) is 10.6. The highest BCUT2D eigenvalue weighted by Crippen LogP contribution is 2.41. The van der Waals surface area contributed by atoms with Crippen LogP contribution in [0.2, 0.25) is 0 Å². The molecule has 4 atom stereocenters. The molecule has 2 bridgehead atoms. The molecule has 0 radical (unpaired) electrons. The minimum atomic E-state index is -1.73. The summed E-state index contributed by atoms with van der Waals surface area (Å²) in [5, 5.41) is 3.77. The van der Waals surface area contributed by atoms with Gasteiger partial charge in [0.1, 0.15) is 16.9 Å². The number of aryl methyl sites for hydroxylation is 1. The maximum absolute atomic E-state index is 14.3. The van der Waals surface area contributed by atoms with Gasteiger partial charge in [-0.3, -0.25) is 9.59 Å². The molecule has 4 heterocycles. The number of nitrogens with zero attached hydrogens (tertiary/aromatic N) is 5. The molecule has 1 aliphatic heterocycles. The van der Waals surface area contributed by atoms with E-state index in [1.807, 2.05) is 47.7 Å². The molecule has 236 valence electrons. The number of methoxy groups -OCH3 is 1. The van der Waals surface area contributed by atoms with E-state index in [1.54, 1.807) is 7.11 Å². The zero-order valence-electron chi connectivity index (χ0n) is 26.1. The highest BCUT2D eigenvalue weighted by atomic mass is 19.1. The summed E-state index contributed by atoms with van der Waals surface area (Å²) in [6, 6.07) is 9.53. The molecule has 3 aromatic heterocycles. The van der Waals surface area contributed by atoms with Gasteiger partial charge in [-0.15, -0.1) is 0 Å². The lowest BCUT2D eigenvalue weighted by Crippen LogP contribution is -2.51. The number of fused-ring (bicyclic) bond motifs is 4. The number of hydrogen-bond donors (Lipinski definition) is 2. The van der Waals surface area contributed by atoms with Crippen LogP contribution in [0.15, 0.2) is 30.3 Å². The van der Waals surface area contributed by atoms with Crippen LogP contribution in [0.1, 0.15) is 74.0 Å². The maximum Gasteiger partial charge on any atom is 0.258 e. The fraction of sp³-hybridized carbons (Fsp3) is 0.529. The number of pyridine rings is 1. The molecule has 3 aliphatic carbocycles. The van der Waals surface area contributed by atoms with E-state index in [4.69, 9.17) is 20.4 Å². The monoisotopic (exact) mass is 613 g/mol. The normalized spacial score (nSPS) is 24.3. The number of rotatable bonds is 8. The number of piperidine rings is 1. The van der Waals surface area contributed by atoms with Crippen LogP contribution < -0.4 is 15.8 Å². The number of aromatic nitrogens is 4. The van der Waals surface area contributed by atoms with Crippen molar-refractivity contribution in [3.63, 3.8) is 0 Å². The number of halogens is 1. The average Bonchev–Trinajstić information content (AvgIpc) is 3.89. The minimum absolute atomic E-state index is 0.0140. The Labute approximate surface area is 261 Å². The Bertz CT molecular complexity index is 1860. The summed E-state index contributed by atoms with van der Waals surface area (Å²) in [4.78, 5) is 38.3. The number of nitrogens with one attached hydrogen (secondary N) is 1. The van der Waals surface area contributed by atoms with Crippen molar-refractivity contribution in [2.75, 3.05) is 13.7 Å². The Balaban J connectivity index is 1.18. The molecule has 3 saturated carbocycles. The SMILES string of the molecule is COc1cc(C(=O)N2C[C@H](N)[C@@H]3CC[C@H]2C3)cc2nc(-c3cc4ccc([C@@H](C)NC(=O)C5(F)CC5)nc4n3CC3CC3)n(C)c12. The summed E-state index contributed by atoms with van der Waals surface area (Å²) in [7, 11) is 3.59. The Hall–Kier alpha value is -3.99. The van der Waals surface area contributed by atoms with Crippen LogP contribution in [-0.4, -0.2) is 67.2 Å². The first-order valence-corrected chi connectivity index (χ1v) is 16.2. The van der Waals surface area contributed by atoms with Crippen molar-refractivity contribution < 1.29 is 18.7 Å². The molecule has 0 spiro atoms. The van der Waals surface area contributed by atoms with Gasteiger partial charge in [0.2, 0.25) is 0 Å². The van der Waals surface area contributed by atoms with Crippen molar-refractivity contribution in [3.8, 4) is 17.3 Å². The van der Waals surface area contributed by atoms with Crippen LogP contribution in [0.5, 0.6) is 5.75 Å². The number of carbonyl (C=O) groups is 2. The van der Waals surface area contributed by atoms with Gasteiger partial charge in [0.05, 0.1) is 30.1 Å². The molecule has 1 aromatic carbocycles. The highest BCUT2D eigenvalue weighted by molar-refractivity contribution is 6.00. The Morgan fingerprint density at radius 3 is 2.69 bits per heavy atom. The molecule has 4 aliphatic rings. The number of likely N-dealkylation sites (tertiary alicyclic amines) is 1. The molecular weight excluding hydrogens is 573 g/mol. The second kappa shape index (κ2) is 10.3. The molecule has 2 amide bonds. The van der Waals surface area contributed by atoms with Gasteiger partial charge in [0, 0.05) is 43.2 Å². The van der Waals surface area contributed by atoms with E-state index in [0.717, 1.165) is 66.7 Å². The van der Waals surface area contributed by atoms with E-state index in [-0.39, 0.29) is 30.8 Å². The van der Waals surface area contributed by atoms with Crippen molar-refractivity contribution in [2.24, 2.45) is 24.6 Å². The van der Waals surface area contributed by atoms with Gasteiger partial charge in [0.15, 0.2) is 11.5 Å². The van der Waals surface area contributed by atoms with Crippen LogP contribution in [-0.2, 0) is 18.4 Å². The topological polar surface area (TPSA) is 120 Å². The summed E-state index contributed by atoms with van der Waals surface area (Å²) in [6.07, 6.45) is 5.93. The fourth-order valence-electron chi connectivity index (χ4n) is 7.47. The predicted molar refractivity (Wildman–Crippen MR) is 168 cm³/mol. The third-order valence-corrected chi connectivity index (χ3v) is 10.6. The summed E-state index contributed by atoms with van der Waals surface area (Å²) in [6.45, 7) is 3.21. The molecule has 1 saturated heterocycles. The van der Waals surface area contributed by atoms with E-state index in [1.165, 1.54) is 0 Å². The van der Waals surface area contributed by atoms with Crippen LogP contribution >= 0.6 is 0 Å². The Morgan fingerprint density at radius 2 is 1.96 bits per heavy atom. The van der Waals surface area contributed by atoms with Gasteiger partial charge in [-0.25, -0.2) is 14.4 Å². The van der Waals surface area contributed by atoms with Gasteiger partial charge >= 0.3 is 0 Å². The summed E-state index contributed by atoms with van der Waals surface area (Å²) >= 11 is 0. The van der Waals surface area contributed by atoms with Crippen LogP contribution in [0.4, 0.5) is 4.39 Å². The second-order valence-corrected chi connectivity index (χ2v) is 13.8. The first kappa shape index (κ1) is 28.5. The van der Waals surface area contributed by atoms with Crippen molar-refractivity contribution in [1.82, 2.24) is 29.3 Å². The smallest absolute Gasteiger partial charge is 0.258 e. The lowest BCUT2D eigenvalue weighted by Gasteiger charge is -2.37. The molecule has 11 heteroatoms. The molecule has 45 heavy (non-hydrogen) atoms. The average molecular weight is 614 g/mol. The molecule has 4 aromatic rings. The number of alkyl halides is 1. The number of hydrogen-bond acceptors (Lipinski definition) is 6. The van der Waals surface area contributed by atoms with E-state index in [0.29, 0.717) is 40.9 Å². The van der Waals surface area contributed by atoms with Crippen molar-refractivity contribution in [1.29, 1.82) is 0 Å². The Morgan fingerprint density at radius 1 is 1.16 bits per heavy atom. The number of benzene rings is 1. The summed E-state index contributed by atoms with van der Waals surface area (Å²) in [5.74, 6) is 1.83. The molecule has 4 fully saturated rings. The number of imidazole rings is 1. The van der Waals surface area contributed by atoms with Crippen LogP contribution in [0.3, 0.4) is 0 Å². The molecule has 8 rings (SSSR count). The zero-order valence-corrected chi connectivity index (χ0v) is 26.1. The molecule has 0 unspecified atom stereocenters. The van der Waals surface area contributed by atoms with Gasteiger partial charge < -0.3 is 29.8 Å². The van der Waals surface area contributed by atoms with E-state index in [2.05, 4.69) is 16.0 Å². The standard InChI is InChI=1S/C34H40FN7O3/c1-18(37-33(44)34(35)10-11-34)25-9-7-21-14-27(42(30(21)38-25)16-19-4-5-19)31-39-26-13-22(15-28(45-3)29(26)40(31)2)32(43)41-17-24(36)20-6-8-23(41)12-20/h7,9,13-15,18-20,23-24H,4-6,8,10-12,16-17,36H2,1-3H3,(H,37,44)/t18-,20-,23+,24+/m1/s1. The first-order valence-electron chi connectivity index (χ1n) is 16.2. The molecular formula is C34H40FN7O3. The lowest BCUT2D eigenvalue weighted by atomic mass is 9.94. The summed E-state index contributed by atoms with van der Waals surface area (Å²) in [5.41, 5.74) is 9.18. The number of nitrogens with two attached hydrogens (primary N) is 1. The zero-order chi connectivity index (χ0) is 31.2. The van der Waals surface area contributed by atoms with Gasteiger partial charge in [-0.2, -0.15) is 0 Å². The van der Waals surface area contributed by atoms with Crippen LogP contribution in [0.25, 0.3) is 33.6 Å². The number of ether oxygens (including phenoxy) is 1. The van der Waals surface area contributed by atoms with Crippen molar-refractivity contribution >= 4 is 33.9 Å². The van der Waals surface area contributed by atoms with E-state index >= 15 is 0 Å². The van der Waals surface area contributed by atoms with Gasteiger partial charge in [0.25, 0.3) is 11.8 Å². The largest absolute Gasteiger partial charge is 0.494 e. The number of carbonyl (C=O) groups excluding carboxylic acids is 2. The minimum Gasteiger partial charge on any atom is -0.494 e. The first-order chi connectivity index (χ1) is 21.6. The molecule has 10 nitrogen and oxygen atoms in total. The van der Waals surface area contributed by atoms with Crippen LogP contribution in [0, 0.1) is 11.8 Å². The number of amides is 2. The van der Waals surface area contributed by atoms with Gasteiger partial charge in [-0.05, 0) is 94.0 Å². The summed E-state index contributed by atoms with van der Waals surface area (Å²) < 4.78 is 24.4.